The van der Waals surface area contributed by atoms with E-state index in [0.717, 1.165) is 25.2 Å². The first kappa shape index (κ1) is 20.6. The number of carbonyl (C=O) groups excluding carboxylic acids is 1. The molecule has 3 aromatic rings. The first-order valence-corrected chi connectivity index (χ1v) is 10.4. The Bertz CT molecular complexity index is 977. The highest BCUT2D eigenvalue weighted by atomic mass is 35.5. The SMILES string of the molecule is O=C(OCC1CN(Cc2ccccc2)CCO1)c1cnn(Cc2ccccc2Cl)c1. The van der Waals surface area contributed by atoms with Gasteiger partial charge in [0, 0.05) is 30.9 Å². The molecule has 1 unspecified atom stereocenters. The zero-order valence-electron chi connectivity index (χ0n) is 16.6. The normalized spacial score (nSPS) is 17.0. The number of morpholine rings is 1. The van der Waals surface area contributed by atoms with E-state index in [-0.39, 0.29) is 12.7 Å². The second kappa shape index (κ2) is 9.89. The Balaban J connectivity index is 1.27. The molecule has 30 heavy (non-hydrogen) atoms. The first-order valence-electron chi connectivity index (χ1n) is 9.98. The molecule has 0 amide bonds. The molecule has 7 heteroatoms. The standard InChI is InChI=1S/C23H24ClN3O3/c24-22-9-5-4-8-19(22)14-27-15-20(12-25-27)23(28)30-17-21-16-26(10-11-29-21)13-18-6-2-1-3-7-18/h1-9,12,15,21H,10-11,13-14,16-17H2. The Morgan fingerprint density at radius 1 is 1.13 bits per heavy atom. The van der Waals surface area contributed by atoms with Gasteiger partial charge in [-0.1, -0.05) is 60.1 Å². The Morgan fingerprint density at radius 2 is 1.93 bits per heavy atom. The summed E-state index contributed by atoms with van der Waals surface area (Å²) in [5.41, 5.74) is 2.62. The van der Waals surface area contributed by atoms with E-state index in [1.807, 2.05) is 42.5 Å². The molecule has 2 aromatic carbocycles. The third-order valence-electron chi connectivity index (χ3n) is 5.03. The van der Waals surface area contributed by atoms with Crippen molar-refractivity contribution >= 4 is 17.6 Å². The molecule has 0 bridgehead atoms. The van der Waals surface area contributed by atoms with Crippen molar-refractivity contribution in [3.8, 4) is 0 Å². The van der Waals surface area contributed by atoms with Crippen molar-refractivity contribution < 1.29 is 14.3 Å². The molecule has 0 saturated carbocycles. The molecule has 1 aromatic heterocycles. The lowest BCUT2D eigenvalue weighted by molar-refractivity contribution is -0.0612. The summed E-state index contributed by atoms with van der Waals surface area (Å²) in [5.74, 6) is -0.399. The first-order chi connectivity index (χ1) is 14.7. The second-order valence-corrected chi connectivity index (χ2v) is 7.74. The van der Waals surface area contributed by atoms with Gasteiger partial charge in [-0.05, 0) is 17.2 Å². The smallest absolute Gasteiger partial charge is 0.341 e. The summed E-state index contributed by atoms with van der Waals surface area (Å²) in [7, 11) is 0. The summed E-state index contributed by atoms with van der Waals surface area (Å²) in [6, 6.07) is 17.9. The minimum Gasteiger partial charge on any atom is -0.459 e. The molecule has 1 atom stereocenters. The quantitative estimate of drug-likeness (QED) is 0.541. The number of aromatic nitrogens is 2. The Hall–Kier alpha value is -2.67. The molecule has 6 nitrogen and oxygen atoms in total. The summed E-state index contributed by atoms with van der Waals surface area (Å²) in [5, 5.41) is 4.92. The molecule has 2 heterocycles. The monoisotopic (exact) mass is 425 g/mol. The van der Waals surface area contributed by atoms with Crippen molar-refractivity contribution in [2.75, 3.05) is 26.3 Å². The predicted molar refractivity (Wildman–Crippen MR) is 115 cm³/mol. The maximum Gasteiger partial charge on any atom is 0.341 e. The van der Waals surface area contributed by atoms with E-state index < -0.39 is 5.97 Å². The van der Waals surface area contributed by atoms with Gasteiger partial charge in [0.15, 0.2) is 0 Å². The van der Waals surface area contributed by atoms with Crippen molar-refractivity contribution in [1.29, 1.82) is 0 Å². The number of hydrogen-bond donors (Lipinski definition) is 0. The number of hydrogen-bond acceptors (Lipinski definition) is 5. The van der Waals surface area contributed by atoms with Gasteiger partial charge < -0.3 is 9.47 Å². The molecular weight excluding hydrogens is 402 g/mol. The number of rotatable bonds is 7. The maximum atomic E-state index is 12.4. The van der Waals surface area contributed by atoms with Gasteiger partial charge in [0.2, 0.25) is 0 Å². The van der Waals surface area contributed by atoms with Crippen LogP contribution < -0.4 is 0 Å². The molecular formula is C23H24ClN3O3. The number of carbonyl (C=O) groups is 1. The highest BCUT2D eigenvalue weighted by Gasteiger charge is 2.22. The molecule has 0 aliphatic carbocycles. The lowest BCUT2D eigenvalue weighted by Gasteiger charge is -2.32. The predicted octanol–water partition coefficient (Wildman–Crippen LogP) is 3.64. The van der Waals surface area contributed by atoms with Gasteiger partial charge >= 0.3 is 5.97 Å². The van der Waals surface area contributed by atoms with Crippen LogP contribution in [0.15, 0.2) is 67.0 Å². The largest absolute Gasteiger partial charge is 0.459 e. The van der Waals surface area contributed by atoms with E-state index in [9.17, 15) is 4.79 Å². The molecule has 1 saturated heterocycles. The highest BCUT2D eigenvalue weighted by Crippen LogP contribution is 2.16. The fraction of sp³-hybridized carbons (Fsp3) is 0.304. The summed E-state index contributed by atoms with van der Waals surface area (Å²) < 4.78 is 12.9. The fourth-order valence-corrected chi connectivity index (χ4v) is 3.67. The van der Waals surface area contributed by atoms with Crippen LogP contribution in [0.1, 0.15) is 21.5 Å². The Morgan fingerprint density at radius 3 is 2.77 bits per heavy atom. The van der Waals surface area contributed by atoms with Gasteiger partial charge in [-0.25, -0.2) is 4.79 Å². The topological polar surface area (TPSA) is 56.6 Å². The van der Waals surface area contributed by atoms with Gasteiger partial charge in [-0.15, -0.1) is 0 Å². The Labute approximate surface area is 181 Å². The van der Waals surface area contributed by atoms with Gasteiger partial charge in [0.1, 0.15) is 12.7 Å². The number of nitrogens with zero attached hydrogens (tertiary/aromatic N) is 3. The zero-order chi connectivity index (χ0) is 20.8. The van der Waals surface area contributed by atoms with Crippen LogP contribution in [-0.4, -0.2) is 53.1 Å². The van der Waals surface area contributed by atoms with Crippen LogP contribution in [0, 0.1) is 0 Å². The third-order valence-corrected chi connectivity index (χ3v) is 5.40. The van der Waals surface area contributed by atoms with Crippen molar-refractivity contribution in [3.63, 3.8) is 0 Å². The van der Waals surface area contributed by atoms with Crippen molar-refractivity contribution in [1.82, 2.24) is 14.7 Å². The minimum atomic E-state index is -0.399. The molecule has 0 N–H and O–H groups in total. The number of benzene rings is 2. The summed E-state index contributed by atoms with van der Waals surface area (Å²) in [4.78, 5) is 14.7. The second-order valence-electron chi connectivity index (χ2n) is 7.33. The van der Waals surface area contributed by atoms with E-state index >= 15 is 0 Å². The minimum absolute atomic E-state index is 0.135. The van der Waals surface area contributed by atoms with Crippen LogP contribution in [0.2, 0.25) is 5.02 Å². The van der Waals surface area contributed by atoms with Gasteiger partial charge in [-0.2, -0.15) is 5.10 Å². The van der Waals surface area contributed by atoms with Crippen LogP contribution in [0.5, 0.6) is 0 Å². The molecule has 0 spiro atoms. The third kappa shape index (κ3) is 5.48. The van der Waals surface area contributed by atoms with E-state index in [1.54, 1.807) is 10.9 Å². The van der Waals surface area contributed by atoms with E-state index in [2.05, 4.69) is 22.1 Å². The fourth-order valence-electron chi connectivity index (χ4n) is 3.48. The lowest BCUT2D eigenvalue weighted by atomic mass is 10.2. The number of halogens is 1. The molecule has 4 rings (SSSR count). The maximum absolute atomic E-state index is 12.4. The van der Waals surface area contributed by atoms with E-state index in [0.29, 0.717) is 23.7 Å². The van der Waals surface area contributed by atoms with E-state index in [4.69, 9.17) is 21.1 Å². The zero-order valence-corrected chi connectivity index (χ0v) is 17.4. The molecule has 1 aliphatic rings. The van der Waals surface area contributed by atoms with Crippen LogP contribution in [-0.2, 0) is 22.6 Å². The van der Waals surface area contributed by atoms with Crippen LogP contribution in [0.4, 0.5) is 0 Å². The summed E-state index contributed by atoms with van der Waals surface area (Å²) >= 11 is 6.19. The van der Waals surface area contributed by atoms with Crippen LogP contribution >= 0.6 is 11.6 Å². The van der Waals surface area contributed by atoms with Crippen molar-refractivity contribution in [2.45, 2.75) is 19.2 Å². The van der Waals surface area contributed by atoms with Crippen LogP contribution in [0.25, 0.3) is 0 Å². The van der Waals surface area contributed by atoms with Crippen LogP contribution in [0.3, 0.4) is 0 Å². The molecule has 1 fully saturated rings. The molecule has 0 radical (unpaired) electrons. The number of esters is 1. The lowest BCUT2D eigenvalue weighted by Crippen LogP contribution is -2.44. The number of ether oxygens (including phenoxy) is 2. The molecule has 156 valence electrons. The van der Waals surface area contributed by atoms with Gasteiger partial charge in [-0.3, -0.25) is 9.58 Å². The van der Waals surface area contributed by atoms with Crippen molar-refractivity contribution in [2.24, 2.45) is 0 Å². The average Bonchev–Trinajstić information content (AvgIpc) is 3.23. The highest BCUT2D eigenvalue weighted by molar-refractivity contribution is 6.31. The summed E-state index contributed by atoms with van der Waals surface area (Å²) in [6.45, 7) is 3.81. The van der Waals surface area contributed by atoms with Gasteiger partial charge in [0.05, 0.1) is 24.9 Å². The molecule has 1 aliphatic heterocycles. The van der Waals surface area contributed by atoms with Crippen molar-refractivity contribution in [3.05, 3.63) is 88.7 Å². The summed E-state index contributed by atoms with van der Waals surface area (Å²) in [6.07, 6.45) is 3.06. The van der Waals surface area contributed by atoms with Gasteiger partial charge in [0.25, 0.3) is 0 Å². The Kier molecular flexibility index (Phi) is 6.79. The van der Waals surface area contributed by atoms with E-state index in [1.165, 1.54) is 11.8 Å². The average molecular weight is 426 g/mol.